The van der Waals surface area contributed by atoms with Crippen molar-refractivity contribution in [2.24, 2.45) is 0 Å². The van der Waals surface area contributed by atoms with Crippen LogP contribution < -0.4 is 4.90 Å². The Morgan fingerprint density at radius 2 is 1.68 bits per heavy atom. The highest BCUT2D eigenvalue weighted by atomic mass is 32.2. The van der Waals surface area contributed by atoms with Crippen molar-refractivity contribution in [1.29, 1.82) is 0 Å². The summed E-state index contributed by atoms with van der Waals surface area (Å²) in [5, 5.41) is 0.422. The fraction of sp³-hybridized carbons (Fsp3) is 0.310. The molecule has 1 unspecified atom stereocenters. The van der Waals surface area contributed by atoms with Crippen LogP contribution >= 0.6 is 11.3 Å². The lowest BCUT2D eigenvalue weighted by Crippen LogP contribution is -2.43. The van der Waals surface area contributed by atoms with Crippen LogP contribution in [-0.2, 0) is 26.4 Å². The zero-order valence-corrected chi connectivity index (χ0v) is 24.8. The molecule has 1 saturated heterocycles. The lowest BCUT2D eigenvalue weighted by molar-refractivity contribution is 0.0985. The van der Waals surface area contributed by atoms with Gasteiger partial charge in [0.2, 0.25) is 10.0 Å². The fourth-order valence-corrected chi connectivity index (χ4v) is 8.48. The summed E-state index contributed by atoms with van der Waals surface area (Å²) >= 11 is 1.23. The molecule has 210 valence electrons. The number of hydrogen-bond donors (Lipinski definition) is 0. The summed E-state index contributed by atoms with van der Waals surface area (Å²) < 4.78 is 53.2. The van der Waals surface area contributed by atoms with Crippen molar-refractivity contribution >= 4 is 52.5 Å². The molecule has 0 saturated carbocycles. The quantitative estimate of drug-likeness (QED) is 0.266. The minimum atomic E-state index is -3.67. The fourth-order valence-electron chi connectivity index (χ4n) is 4.99. The van der Waals surface area contributed by atoms with E-state index in [1.807, 2.05) is 37.3 Å². The smallest absolute Gasteiger partial charge is 0.260 e. The van der Waals surface area contributed by atoms with Crippen LogP contribution in [0.4, 0.5) is 5.13 Å². The van der Waals surface area contributed by atoms with Gasteiger partial charge in [-0.2, -0.15) is 4.31 Å². The second kappa shape index (κ2) is 11.4. The third-order valence-electron chi connectivity index (χ3n) is 7.19. The number of nitrogens with zero attached hydrogens (tertiary/aromatic N) is 3. The van der Waals surface area contributed by atoms with E-state index in [4.69, 9.17) is 0 Å². The summed E-state index contributed by atoms with van der Waals surface area (Å²) in [4.78, 5) is 20.4. The van der Waals surface area contributed by atoms with Gasteiger partial charge >= 0.3 is 0 Å². The number of carbonyl (C=O) groups is 1. The normalized spacial score (nSPS) is 16.7. The van der Waals surface area contributed by atoms with Crippen molar-refractivity contribution in [1.82, 2.24) is 9.29 Å². The van der Waals surface area contributed by atoms with E-state index in [2.05, 4.69) is 4.98 Å². The van der Waals surface area contributed by atoms with Crippen molar-refractivity contribution in [2.45, 2.75) is 55.0 Å². The number of sulfonamides is 1. The first-order valence-corrected chi connectivity index (χ1v) is 17.3. The Labute approximate surface area is 239 Å². The molecule has 1 aliphatic rings. The highest BCUT2D eigenvalue weighted by Crippen LogP contribution is 2.33. The van der Waals surface area contributed by atoms with E-state index < -0.39 is 19.9 Å². The van der Waals surface area contributed by atoms with Crippen molar-refractivity contribution in [2.75, 3.05) is 17.7 Å². The van der Waals surface area contributed by atoms with Gasteiger partial charge in [0.05, 0.1) is 26.6 Å². The number of fused-ring (bicyclic) bond motifs is 1. The van der Waals surface area contributed by atoms with Crippen LogP contribution in [0.1, 0.15) is 48.5 Å². The number of amides is 1. The van der Waals surface area contributed by atoms with Gasteiger partial charge < -0.3 is 0 Å². The van der Waals surface area contributed by atoms with Crippen LogP contribution in [0.5, 0.6) is 0 Å². The molecule has 11 heteroatoms. The minimum absolute atomic E-state index is 0.0105. The molecule has 4 aromatic rings. The molecule has 1 aromatic heterocycles. The van der Waals surface area contributed by atoms with E-state index in [0.717, 1.165) is 37.5 Å². The molecule has 0 N–H and O–H groups in total. The first-order valence-electron chi connectivity index (χ1n) is 13.2. The predicted molar refractivity (Wildman–Crippen MR) is 158 cm³/mol. The molecule has 0 aliphatic carbocycles. The maximum Gasteiger partial charge on any atom is 0.260 e. The molecule has 3 aromatic carbocycles. The van der Waals surface area contributed by atoms with Crippen molar-refractivity contribution < 1.29 is 21.6 Å². The summed E-state index contributed by atoms with van der Waals surface area (Å²) in [7, 11) is -7.07. The number of sulfone groups is 1. The molecule has 40 heavy (non-hydrogen) atoms. The van der Waals surface area contributed by atoms with Crippen LogP contribution in [0.3, 0.4) is 0 Å². The Morgan fingerprint density at radius 1 is 0.975 bits per heavy atom. The maximum atomic E-state index is 13.9. The molecule has 1 amide bonds. The van der Waals surface area contributed by atoms with Crippen molar-refractivity contribution in [3.05, 3.63) is 83.9 Å². The molecule has 0 spiro atoms. The third-order valence-corrected chi connectivity index (χ3v) is 11.3. The topological polar surface area (TPSA) is 105 Å². The maximum absolute atomic E-state index is 13.9. The Bertz CT molecular complexity index is 1730. The average molecular weight is 598 g/mol. The number of rotatable bonds is 8. The van der Waals surface area contributed by atoms with Gasteiger partial charge in [0.25, 0.3) is 5.91 Å². The molecular weight excluding hydrogens is 567 g/mol. The van der Waals surface area contributed by atoms with E-state index >= 15 is 0 Å². The highest BCUT2D eigenvalue weighted by molar-refractivity contribution is 7.90. The van der Waals surface area contributed by atoms with Crippen LogP contribution in [0.15, 0.2) is 82.6 Å². The highest BCUT2D eigenvalue weighted by Gasteiger charge is 2.32. The van der Waals surface area contributed by atoms with Gasteiger partial charge in [-0.05, 0) is 67.3 Å². The number of piperidine rings is 1. The first-order chi connectivity index (χ1) is 19.1. The van der Waals surface area contributed by atoms with Crippen LogP contribution in [0.25, 0.3) is 10.2 Å². The van der Waals surface area contributed by atoms with Gasteiger partial charge in [-0.15, -0.1) is 0 Å². The standard InChI is InChI=1S/C29H31N3O5S3/c1-3-23-11-7-8-18-32(23)40(36,37)24-14-12-22(13-15-24)28(33)31(20-21-9-5-4-6-10-21)29-30-26-17-16-25(39(2,34)35)19-27(26)38-29/h4-6,9-10,12-17,19,23H,3,7-8,11,18,20H2,1-2H3. The molecular formula is C29H31N3O5S3. The number of aromatic nitrogens is 1. The van der Waals surface area contributed by atoms with E-state index in [1.165, 1.54) is 29.5 Å². The predicted octanol–water partition coefficient (Wildman–Crippen LogP) is 5.50. The average Bonchev–Trinajstić information content (AvgIpc) is 3.39. The molecule has 5 rings (SSSR count). The Kier molecular flexibility index (Phi) is 8.10. The number of hydrogen-bond acceptors (Lipinski definition) is 7. The summed E-state index contributed by atoms with van der Waals surface area (Å²) in [5.74, 6) is -0.334. The van der Waals surface area contributed by atoms with E-state index in [0.29, 0.717) is 27.5 Å². The van der Waals surface area contributed by atoms with Crippen molar-refractivity contribution in [3.8, 4) is 0 Å². The lowest BCUT2D eigenvalue weighted by Gasteiger charge is -2.34. The number of thiazole rings is 1. The van der Waals surface area contributed by atoms with Crippen LogP contribution in [0.2, 0.25) is 0 Å². The number of benzene rings is 3. The Morgan fingerprint density at radius 3 is 2.35 bits per heavy atom. The number of anilines is 1. The van der Waals surface area contributed by atoms with Gasteiger partial charge in [0.1, 0.15) is 0 Å². The van der Waals surface area contributed by atoms with Gasteiger partial charge in [-0.3, -0.25) is 9.69 Å². The largest absolute Gasteiger partial charge is 0.279 e. The zero-order valence-electron chi connectivity index (χ0n) is 22.4. The second-order valence-electron chi connectivity index (χ2n) is 9.97. The SMILES string of the molecule is CCC1CCCCN1S(=O)(=O)c1ccc(C(=O)N(Cc2ccccc2)c2nc3ccc(S(C)(=O)=O)cc3s2)cc1. The summed E-state index contributed by atoms with van der Waals surface area (Å²) in [6.07, 6.45) is 4.64. The van der Waals surface area contributed by atoms with Gasteiger partial charge in [-0.1, -0.05) is 55.0 Å². The molecule has 8 nitrogen and oxygen atoms in total. The van der Waals surface area contributed by atoms with Crippen LogP contribution in [-0.4, -0.2) is 50.9 Å². The lowest BCUT2D eigenvalue weighted by atomic mass is 10.0. The monoisotopic (exact) mass is 597 g/mol. The van der Waals surface area contributed by atoms with Crippen LogP contribution in [0, 0.1) is 0 Å². The molecule has 1 fully saturated rings. The Balaban J connectivity index is 1.48. The summed E-state index contributed by atoms with van der Waals surface area (Å²) in [6, 6.07) is 20.3. The van der Waals surface area contributed by atoms with Gasteiger partial charge in [-0.25, -0.2) is 21.8 Å². The van der Waals surface area contributed by atoms with Gasteiger partial charge in [0, 0.05) is 24.4 Å². The number of carbonyl (C=O) groups excluding carboxylic acids is 1. The molecule has 1 aliphatic heterocycles. The zero-order chi connectivity index (χ0) is 28.5. The third kappa shape index (κ3) is 5.83. The minimum Gasteiger partial charge on any atom is -0.279 e. The molecule has 2 heterocycles. The molecule has 0 bridgehead atoms. The van der Waals surface area contributed by atoms with E-state index in [-0.39, 0.29) is 28.3 Å². The summed E-state index contributed by atoms with van der Waals surface area (Å²) in [6.45, 7) is 2.75. The van der Waals surface area contributed by atoms with Gasteiger partial charge in [0.15, 0.2) is 15.0 Å². The molecule has 1 atom stereocenters. The first kappa shape index (κ1) is 28.4. The van der Waals surface area contributed by atoms with E-state index in [9.17, 15) is 21.6 Å². The Hall–Kier alpha value is -3.12. The van der Waals surface area contributed by atoms with Crippen molar-refractivity contribution in [3.63, 3.8) is 0 Å². The second-order valence-corrected chi connectivity index (χ2v) is 14.9. The van der Waals surface area contributed by atoms with E-state index in [1.54, 1.807) is 33.5 Å². The summed E-state index contributed by atoms with van der Waals surface area (Å²) in [5.41, 5.74) is 1.81. The molecule has 0 radical (unpaired) electrons.